The van der Waals surface area contributed by atoms with Crippen molar-refractivity contribution < 1.29 is 12.8 Å². The highest BCUT2D eigenvalue weighted by atomic mass is 32.2. The molecule has 4 heterocycles. The monoisotopic (exact) mass is 372 g/mol. The molecular formula is C18H20N4O3S. The highest BCUT2D eigenvalue weighted by molar-refractivity contribution is 7.91. The Morgan fingerprint density at radius 1 is 1.08 bits per heavy atom. The van der Waals surface area contributed by atoms with Crippen LogP contribution in [0.15, 0.2) is 35.0 Å². The topological polar surface area (TPSA) is 79.5 Å². The van der Waals surface area contributed by atoms with Gasteiger partial charge >= 0.3 is 0 Å². The third-order valence-corrected chi connectivity index (χ3v) is 7.23. The Kier molecular flexibility index (Phi) is 3.65. The molecule has 0 radical (unpaired) electrons. The maximum absolute atomic E-state index is 11.7. The second-order valence-electron chi connectivity index (χ2n) is 7.05. The van der Waals surface area contributed by atoms with E-state index in [0.717, 1.165) is 60.5 Å². The fraction of sp³-hybridized carbons (Fsp3) is 0.444. The van der Waals surface area contributed by atoms with Gasteiger partial charge in [0.2, 0.25) is 0 Å². The summed E-state index contributed by atoms with van der Waals surface area (Å²) in [4.78, 5) is 13.4. The number of rotatable bonds is 2. The first kappa shape index (κ1) is 16.0. The van der Waals surface area contributed by atoms with Crippen molar-refractivity contribution in [2.24, 2.45) is 0 Å². The van der Waals surface area contributed by atoms with Crippen LogP contribution in [0.3, 0.4) is 0 Å². The van der Waals surface area contributed by atoms with E-state index < -0.39 is 9.84 Å². The summed E-state index contributed by atoms with van der Waals surface area (Å²) in [5.74, 6) is 1.45. The molecule has 3 aromatic rings. The summed E-state index contributed by atoms with van der Waals surface area (Å²) in [6.45, 7) is 3.29. The zero-order valence-corrected chi connectivity index (χ0v) is 15.2. The summed E-state index contributed by atoms with van der Waals surface area (Å²) in [7, 11) is -2.85. The van der Waals surface area contributed by atoms with E-state index in [1.807, 2.05) is 24.3 Å². The van der Waals surface area contributed by atoms with Crippen molar-refractivity contribution in [3.63, 3.8) is 0 Å². The smallest absolute Gasteiger partial charge is 0.196 e. The third kappa shape index (κ3) is 2.64. The first-order valence-electron chi connectivity index (χ1n) is 8.92. The van der Waals surface area contributed by atoms with Crippen LogP contribution in [-0.2, 0) is 9.84 Å². The van der Waals surface area contributed by atoms with Crippen LogP contribution in [0.4, 0.5) is 5.82 Å². The lowest BCUT2D eigenvalue weighted by Crippen LogP contribution is -2.51. The first-order chi connectivity index (χ1) is 12.6. The predicted molar refractivity (Wildman–Crippen MR) is 100 cm³/mol. The molecule has 1 aromatic carbocycles. The molecule has 2 fully saturated rings. The number of hydrogen-bond donors (Lipinski definition) is 0. The van der Waals surface area contributed by atoms with Crippen LogP contribution in [0.5, 0.6) is 0 Å². The molecule has 0 N–H and O–H groups in total. The van der Waals surface area contributed by atoms with Gasteiger partial charge in [0.1, 0.15) is 17.4 Å². The lowest BCUT2D eigenvalue weighted by atomic mass is 10.2. The van der Waals surface area contributed by atoms with Crippen molar-refractivity contribution in [2.75, 3.05) is 42.6 Å². The van der Waals surface area contributed by atoms with Gasteiger partial charge in [-0.05, 0) is 18.6 Å². The van der Waals surface area contributed by atoms with Gasteiger partial charge in [0.05, 0.1) is 11.5 Å². The summed E-state index contributed by atoms with van der Waals surface area (Å²) in [5, 5.41) is 1.00. The molecule has 1 atom stereocenters. The molecule has 0 amide bonds. The van der Waals surface area contributed by atoms with Crippen LogP contribution >= 0.6 is 0 Å². The van der Waals surface area contributed by atoms with E-state index in [9.17, 15) is 8.42 Å². The van der Waals surface area contributed by atoms with Gasteiger partial charge in [-0.3, -0.25) is 4.90 Å². The maximum Gasteiger partial charge on any atom is 0.196 e. The molecule has 136 valence electrons. The maximum atomic E-state index is 11.7. The second kappa shape index (κ2) is 5.92. The molecular weight excluding hydrogens is 352 g/mol. The molecule has 2 saturated heterocycles. The lowest BCUT2D eigenvalue weighted by Gasteiger charge is -2.38. The van der Waals surface area contributed by atoms with E-state index in [2.05, 4.69) is 19.8 Å². The minimum atomic E-state index is -2.85. The van der Waals surface area contributed by atoms with E-state index >= 15 is 0 Å². The van der Waals surface area contributed by atoms with Crippen LogP contribution in [0, 0.1) is 0 Å². The van der Waals surface area contributed by atoms with Crippen LogP contribution in [0.25, 0.3) is 22.1 Å². The van der Waals surface area contributed by atoms with Gasteiger partial charge in [-0.25, -0.2) is 18.4 Å². The van der Waals surface area contributed by atoms with Gasteiger partial charge < -0.3 is 9.32 Å². The Morgan fingerprint density at radius 3 is 2.65 bits per heavy atom. The second-order valence-corrected chi connectivity index (χ2v) is 9.28. The fourth-order valence-corrected chi connectivity index (χ4v) is 5.86. The summed E-state index contributed by atoms with van der Waals surface area (Å²) in [5.41, 5.74) is 2.39. The Bertz CT molecular complexity index is 1070. The fourth-order valence-electron chi connectivity index (χ4n) is 4.10. The molecule has 0 aliphatic carbocycles. The quantitative estimate of drug-likeness (QED) is 0.677. The molecule has 0 bridgehead atoms. The summed E-state index contributed by atoms with van der Waals surface area (Å²) < 4.78 is 29.5. The van der Waals surface area contributed by atoms with Gasteiger partial charge in [0.25, 0.3) is 0 Å². The van der Waals surface area contributed by atoms with E-state index in [1.54, 1.807) is 6.33 Å². The standard InChI is InChI=1S/C18H20N4O3S/c23-26(24)10-5-13(11-26)21-6-8-22(9-7-21)18-17-16(19-12-20-18)14-3-1-2-4-15(14)25-17/h1-4,12-13H,5-11H2/t13-/m1/s1. The van der Waals surface area contributed by atoms with E-state index in [4.69, 9.17) is 4.42 Å². The largest absolute Gasteiger partial charge is 0.450 e. The SMILES string of the molecule is O=S1(=O)CC[C@@H](N2CCN(c3ncnc4c3oc3ccccc34)CC2)C1. The Balaban J connectivity index is 1.40. The number of benzene rings is 1. The predicted octanol–water partition coefficient (Wildman–Crippen LogP) is 1.69. The van der Waals surface area contributed by atoms with E-state index in [1.165, 1.54) is 0 Å². The lowest BCUT2D eigenvalue weighted by molar-refractivity contribution is 0.200. The van der Waals surface area contributed by atoms with Gasteiger partial charge in [0, 0.05) is 37.6 Å². The number of hydrogen-bond acceptors (Lipinski definition) is 7. The van der Waals surface area contributed by atoms with Crippen LogP contribution in [-0.4, -0.2) is 67.0 Å². The Hall–Kier alpha value is -2.19. The van der Waals surface area contributed by atoms with Crippen molar-refractivity contribution in [1.82, 2.24) is 14.9 Å². The summed E-state index contributed by atoms with van der Waals surface area (Å²) >= 11 is 0. The minimum Gasteiger partial charge on any atom is -0.450 e. The highest BCUT2D eigenvalue weighted by Gasteiger charge is 2.34. The van der Waals surface area contributed by atoms with E-state index in [-0.39, 0.29) is 6.04 Å². The molecule has 0 spiro atoms. The molecule has 2 aliphatic heterocycles. The molecule has 7 nitrogen and oxygen atoms in total. The average molecular weight is 372 g/mol. The van der Waals surface area contributed by atoms with Gasteiger partial charge in [-0.15, -0.1) is 0 Å². The van der Waals surface area contributed by atoms with Gasteiger partial charge in [-0.1, -0.05) is 12.1 Å². The van der Waals surface area contributed by atoms with Gasteiger partial charge in [0.15, 0.2) is 21.2 Å². The van der Waals surface area contributed by atoms with Crippen molar-refractivity contribution >= 4 is 37.7 Å². The van der Waals surface area contributed by atoms with Crippen LogP contribution < -0.4 is 4.90 Å². The summed E-state index contributed by atoms with van der Waals surface area (Å²) in [6.07, 6.45) is 2.35. The molecule has 0 unspecified atom stereocenters. The number of nitrogens with zero attached hydrogens (tertiary/aromatic N) is 4. The van der Waals surface area contributed by atoms with Crippen LogP contribution in [0.2, 0.25) is 0 Å². The normalized spacial score (nSPS) is 23.8. The van der Waals surface area contributed by atoms with Gasteiger partial charge in [-0.2, -0.15) is 0 Å². The number of fused-ring (bicyclic) bond motifs is 3. The van der Waals surface area contributed by atoms with Crippen molar-refractivity contribution in [2.45, 2.75) is 12.5 Å². The summed E-state index contributed by atoms with van der Waals surface area (Å²) in [6, 6.07) is 8.05. The van der Waals surface area contributed by atoms with E-state index in [0.29, 0.717) is 11.5 Å². The molecule has 2 aliphatic rings. The first-order valence-corrected chi connectivity index (χ1v) is 10.7. The molecule has 8 heteroatoms. The number of piperazine rings is 1. The molecule has 0 saturated carbocycles. The Morgan fingerprint density at radius 2 is 1.88 bits per heavy atom. The molecule has 26 heavy (non-hydrogen) atoms. The Labute approximate surface area is 151 Å². The van der Waals surface area contributed by atoms with Crippen molar-refractivity contribution in [3.8, 4) is 0 Å². The van der Waals surface area contributed by atoms with Crippen molar-refractivity contribution in [3.05, 3.63) is 30.6 Å². The number of aromatic nitrogens is 2. The number of furan rings is 1. The third-order valence-electron chi connectivity index (χ3n) is 5.48. The van der Waals surface area contributed by atoms with Crippen LogP contribution in [0.1, 0.15) is 6.42 Å². The highest BCUT2D eigenvalue weighted by Crippen LogP contribution is 2.32. The number of sulfone groups is 1. The number of anilines is 1. The minimum absolute atomic E-state index is 0.166. The zero-order chi connectivity index (χ0) is 17.7. The zero-order valence-electron chi connectivity index (χ0n) is 14.3. The number of para-hydroxylation sites is 1. The average Bonchev–Trinajstić information content (AvgIpc) is 3.21. The van der Waals surface area contributed by atoms with Crippen molar-refractivity contribution in [1.29, 1.82) is 0 Å². The molecule has 5 rings (SSSR count). The molecule has 2 aromatic heterocycles.